The molecule has 5 nitrogen and oxygen atoms in total. The van der Waals surface area contributed by atoms with Crippen LogP contribution in [0, 0.1) is 0 Å². The van der Waals surface area contributed by atoms with Crippen LogP contribution in [0.4, 0.5) is 18.9 Å². The molecule has 0 spiro atoms. The molecule has 0 saturated carbocycles. The monoisotopic (exact) mass is 471 g/mol. The zero-order chi connectivity index (χ0) is 19.1. The molecule has 1 heterocycles. The molecule has 0 bridgehead atoms. The van der Waals surface area contributed by atoms with Gasteiger partial charge in [0.1, 0.15) is 18.1 Å². The Balaban J connectivity index is 1.98. The van der Waals surface area contributed by atoms with E-state index in [1.807, 2.05) is 0 Å². The van der Waals surface area contributed by atoms with Crippen molar-refractivity contribution in [2.75, 3.05) is 17.9 Å². The largest absolute Gasteiger partial charge is 0.486 e. The third-order valence-electron chi connectivity index (χ3n) is 3.41. The average Bonchev–Trinajstić information content (AvgIpc) is 2.54. The summed E-state index contributed by atoms with van der Waals surface area (Å²) in [5.74, 6) is 0.597. The Hall–Kier alpha value is -1.65. The Kier molecular flexibility index (Phi) is 5.02. The van der Waals surface area contributed by atoms with Gasteiger partial charge < -0.3 is 9.47 Å². The van der Waals surface area contributed by atoms with Crippen molar-refractivity contribution >= 4 is 43.2 Å². The van der Waals surface area contributed by atoms with Crippen molar-refractivity contribution in [3.63, 3.8) is 0 Å². The lowest BCUT2D eigenvalue weighted by atomic mass is 10.2. The van der Waals surface area contributed by atoms with E-state index >= 15 is 0 Å². The van der Waals surface area contributed by atoms with E-state index in [2.05, 4.69) is 20.7 Å². The van der Waals surface area contributed by atoms with Gasteiger partial charge in [0.05, 0.1) is 10.6 Å². The van der Waals surface area contributed by atoms with Crippen molar-refractivity contribution in [2.24, 2.45) is 0 Å². The van der Waals surface area contributed by atoms with Gasteiger partial charge in [-0.2, -0.15) is 13.2 Å². The SMILES string of the molecule is O=S(=O)(Nc1ccc(Cl)c(C(F)(F)F)c1)c1cc2c(cc1Br)OCCO2. The highest BCUT2D eigenvalue weighted by atomic mass is 79.9. The topological polar surface area (TPSA) is 64.6 Å². The lowest BCUT2D eigenvalue weighted by Crippen LogP contribution is -2.18. The van der Waals surface area contributed by atoms with E-state index in [4.69, 9.17) is 21.1 Å². The van der Waals surface area contributed by atoms with E-state index in [1.165, 1.54) is 12.1 Å². The summed E-state index contributed by atoms with van der Waals surface area (Å²) in [6, 6.07) is 5.40. The number of sulfonamides is 1. The third-order valence-corrected chi connectivity index (χ3v) is 6.08. The van der Waals surface area contributed by atoms with Crippen LogP contribution >= 0.6 is 27.5 Å². The van der Waals surface area contributed by atoms with Gasteiger partial charge in [-0.15, -0.1) is 0 Å². The van der Waals surface area contributed by atoms with Crippen molar-refractivity contribution in [1.82, 2.24) is 0 Å². The standard InChI is InChI=1S/C15H10BrClF3NO4S/c16-10-6-12-13(25-4-3-24-12)7-14(10)26(22,23)21-8-1-2-11(17)9(5-8)15(18,19)20/h1-2,5-7,21H,3-4H2. The van der Waals surface area contributed by atoms with Crippen LogP contribution in [-0.4, -0.2) is 21.6 Å². The van der Waals surface area contributed by atoms with Gasteiger partial charge in [0.15, 0.2) is 11.5 Å². The van der Waals surface area contributed by atoms with Gasteiger partial charge in [0.25, 0.3) is 10.0 Å². The van der Waals surface area contributed by atoms with E-state index in [-0.39, 0.29) is 27.4 Å². The van der Waals surface area contributed by atoms with Crippen LogP contribution in [-0.2, 0) is 16.2 Å². The maximum absolute atomic E-state index is 12.9. The molecular formula is C15H10BrClF3NO4S. The van der Waals surface area contributed by atoms with Crippen LogP contribution < -0.4 is 14.2 Å². The quantitative estimate of drug-likeness (QED) is 0.704. The molecule has 0 atom stereocenters. The molecule has 0 amide bonds. The first-order valence-corrected chi connectivity index (χ1v) is 9.72. The van der Waals surface area contributed by atoms with E-state index in [0.717, 1.165) is 12.1 Å². The molecule has 0 saturated heterocycles. The summed E-state index contributed by atoms with van der Waals surface area (Å²) in [5.41, 5.74) is -1.41. The lowest BCUT2D eigenvalue weighted by molar-refractivity contribution is -0.137. The van der Waals surface area contributed by atoms with Crippen LogP contribution in [0.1, 0.15) is 5.56 Å². The molecule has 2 aromatic rings. The number of alkyl halides is 3. The second kappa shape index (κ2) is 6.82. The minimum absolute atomic E-state index is 0.180. The molecule has 0 fully saturated rings. The molecule has 2 aromatic carbocycles. The fraction of sp³-hybridized carbons (Fsp3) is 0.200. The molecule has 3 rings (SSSR count). The number of halogens is 5. The summed E-state index contributed by atoms with van der Waals surface area (Å²) in [7, 11) is -4.20. The number of ether oxygens (including phenoxy) is 2. The normalized spacial score (nSPS) is 14.2. The molecule has 0 aromatic heterocycles. The van der Waals surface area contributed by atoms with Crippen LogP contribution in [0.3, 0.4) is 0 Å². The van der Waals surface area contributed by atoms with Crippen LogP contribution in [0.5, 0.6) is 11.5 Å². The third kappa shape index (κ3) is 3.86. The number of fused-ring (bicyclic) bond motifs is 1. The second-order valence-corrected chi connectivity index (χ2v) is 8.14. The van der Waals surface area contributed by atoms with Gasteiger partial charge in [-0.1, -0.05) is 11.6 Å². The molecular weight excluding hydrogens is 463 g/mol. The van der Waals surface area contributed by atoms with E-state index < -0.39 is 26.8 Å². The predicted octanol–water partition coefficient (Wildman–Crippen LogP) is 4.69. The van der Waals surface area contributed by atoms with Crippen molar-refractivity contribution in [3.05, 3.63) is 45.4 Å². The zero-order valence-corrected chi connectivity index (χ0v) is 15.9. The second-order valence-electron chi connectivity index (χ2n) is 5.22. The van der Waals surface area contributed by atoms with Crippen molar-refractivity contribution in [2.45, 2.75) is 11.1 Å². The number of anilines is 1. The van der Waals surface area contributed by atoms with Crippen molar-refractivity contribution in [3.8, 4) is 11.5 Å². The molecule has 1 aliphatic heterocycles. The number of rotatable bonds is 3. The highest BCUT2D eigenvalue weighted by Gasteiger charge is 2.34. The fourth-order valence-electron chi connectivity index (χ4n) is 2.27. The van der Waals surface area contributed by atoms with Crippen LogP contribution in [0.25, 0.3) is 0 Å². The Morgan fingerprint density at radius 3 is 2.31 bits per heavy atom. The van der Waals surface area contributed by atoms with E-state index in [0.29, 0.717) is 18.4 Å². The number of hydrogen-bond donors (Lipinski definition) is 1. The Morgan fingerprint density at radius 1 is 1.08 bits per heavy atom. The first kappa shape index (κ1) is 19.1. The predicted molar refractivity (Wildman–Crippen MR) is 92.4 cm³/mol. The van der Waals surface area contributed by atoms with Gasteiger partial charge in [-0.05, 0) is 40.2 Å². The van der Waals surface area contributed by atoms with Gasteiger partial charge in [0.2, 0.25) is 0 Å². The minimum Gasteiger partial charge on any atom is -0.486 e. The van der Waals surface area contributed by atoms with Gasteiger partial charge in [-0.25, -0.2) is 8.42 Å². The number of hydrogen-bond acceptors (Lipinski definition) is 4. The fourth-order valence-corrected chi connectivity index (χ4v) is 4.58. The van der Waals surface area contributed by atoms with E-state index in [1.54, 1.807) is 0 Å². The number of benzene rings is 2. The summed E-state index contributed by atoms with van der Waals surface area (Å²) in [6.07, 6.45) is -4.71. The molecule has 0 radical (unpaired) electrons. The first-order chi connectivity index (χ1) is 12.1. The average molecular weight is 473 g/mol. The summed E-state index contributed by atoms with van der Waals surface area (Å²) in [5, 5.41) is -0.527. The molecule has 1 N–H and O–H groups in total. The molecule has 1 aliphatic rings. The maximum Gasteiger partial charge on any atom is 0.417 e. The zero-order valence-electron chi connectivity index (χ0n) is 12.7. The van der Waals surface area contributed by atoms with Gasteiger partial charge in [0, 0.05) is 16.2 Å². The number of nitrogens with one attached hydrogen (secondary N) is 1. The molecule has 0 aliphatic carbocycles. The smallest absolute Gasteiger partial charge is 0.417 e. The molecule has 0 unspecified atom stereocenters. The van der Waals surface area contributed by atoms with Gasteiger partial charge in [-0.3, -0.25) is 4.72 Å². The Labute approximate surface area is 160 Å². The summed E-state index contributed by atoms with van der Waals surface area (Å²) in [6.45, 7) is 0.586. The molecule has 26 heavy (non-hydrogen) atoms. The first-order valence-electron chi connectivity index (χ1n) is 7.06. The molecule has 140 valence electrons. The summed E-state index contributed by atoms with van der Waals surface area (Å²) >= 11 is 8.67. The van der Waals surface area contributed by atoms with E-state index in [9.17, 15) is 21.6 Å². The van der Waals surface area contributed by atoms with Gasteiger partial charge >= 0.3 is 6.18 Å². The maximum atomic E-state index is 12.9. The van der Waals surface area contributed by atoms with Crippen molar-refractivity contribution in [1.29, 1.82) is 0 Å². The Bertz CT molecular complexity index is 966. The molecule has 11 heteroatoms. The highest BCUT2D eigenvalue weighted by Crippen LogP contribution is 2.39. The van der Waals surface area contributed by atoms with Crippen molar-refractivity contribution < 1.29 is 31.1 Å². The summed E-state index contributed by atoms with van der Waals surface area (Å²) < 4.78 is 77.0. The van der Waals surface area contributed by atoms with Crippen LogP contribution in [0.2, 0.25) is 5.02 Å². The van der Waals surface area contributed by atoms with Crippen LogP contribution in [0.15, 0.2) is 39.7 Å². The minimum atomic E-state index is -4.71. The lowest BCUT2D eigenvalue weighted by Gasteiger charge is -2.20. The highest BCUT2D eigenvalue weighted by molar-refractivity contribution is 9.10. The Morgan fingerprint density at radius 2 is 1.69 bits per heavy atom. The summed E-state index contributed by atoms with van der Waals surface area (Å²) in [4.78, 5) is -0.203.